The quantitative estimate of drug-likeness (QED) is 0.808. The van der Waals surface area contributed by atoms with Crippen molar-refractivity contribution in [1.29, 1.82) is 0 Å². The molecule has 2 amide bonds. The van der Waals surface area contributed by atoms with E-state index in [9.17, 15) is 14.4 Å². The molecule has 1 N–H and O–H groups in total. The summed E-state index contributed by atoms with van der Waals surface area (Å²) in [6, 6.07) is 10.3. The third-order valence-electron chi connectivity index (χ3n) is 4.94. The molecular formula is C21H24ClN3O4. The molecule has 1 aromatic carbocycles. The number of nitrogens with one attached hydrogen (secondary N) is 1. The molecule has 7 nitrogen and oxygen atoms in total. The molecule has 1 saturated heterocycles. The van der Waals surface area contributed by atoms with Crippen molar-refractivity contribution in [2.45, 2.75) is 26.3 Å². The molecule has 154 valence electrons. The Kier molecular flexibility index (Phi) is 6.93. The highest BCUT2D eigenvalue weighted by Crippen LogP contribution is 2.20. The fraction of sp³-hybridized carbons (Fsp3) is 0.381. The average molecular weight is 418 g/mol. The number of hydrogen-bond acceptors (Lipinski definition) is 4. The normalized spacial score (nSPS) is 14.5. The number of hydrogen-bond donors (Lipinski definition) is 1. The second-order valence-electron chi connectivity index (χ2n) is 6.92. The molecule has 0 saturated carbocycles. The van der Waals surface area contributed by atoms with Gasteiger partial charge in [0.05, 0.1) is 18.8 Å². The third kappa shape index (κ3) is 5.38. The molecule has 1 fully saturated rings. The van der Waals surface area contributed by atoms with Crippen LogP contribution in [0.25, 0.3) is 0 Å². The number of amides is 2. The smallest absolute Gasteiger partial charge is 0.409 e. The van der Waals surface area contributed by atoms with E-state index >= 15 is 0 Å². The van der Waals surface area contributed by atoms with Crippen LogP contribution in [0.5, 0.6) is 0 Å². The van der Waals surface area contributed by atoms with Crippen LogP contribution >= 0.6 is 11.6 Å². The number of likely N-dealkylation sites (tertiary alicyclic amines) is 1. The first-order chi connectivity index (χ1) is 14.0. The summed E-state index contributed by atoms with van der Waals surface area (Å²) in [4.78, 5) is 38.2. The van der Waals surface area contributed by atoms with Gasteiger partial charge < -0.3 is 19.5 Å². The molecule has 0 radical (unpaired) electrons. The maximum atomic E-state index is 12.6. The van der Waals surface area contributed by atoms with E-state index in [-0.39, 0.29) is 23.5 Å². The summed E-state index contributed by atoms with van der Waals surface area (Å²) in [5.41, 5.74) is 1.20. The van der Waals surface area contributed by atoms with Crippen molar-refractivity contribution in [3.05, 3.63) is 63.5 Å². The number of carbonyl (C=O) groups excluding carboxylic acids is 2. The van der Waals surface area contributed by atoms with Crippen molar-refractivity contribution < 1.29 is 14.3 Å². The standard InChI is InChI=1S/C21H24ClN3O4/c1-2-29-21(28)24-11-9-15(10-12-24)20(27)23-17-7-8-19(26)25(14-17)13-16-5-3-4-6-18(16)22/h3-8,14-15H,2,9-13H2,1H3,(H,23,27). The first kappa shape index (κ1) is 20.9. The van der Waals surface area contributed by atoms with Crippen LogP contribution in [-0.2, 0) is 16.1 Å². The number of benzene rings is 1. The molecule has 0 bridgehead atoms. The Hall–Kier alpha value is -2.80. The molecule has 1 aromatic heterocycles. The minimum atomic E-state index is -0.335. The largest absolute Gasteiger partial charge is 0.450 e. The number of aromatic nitrogens is 1. The fourth-order valence-corrected chi connectivity index (χ4v) is 3.52. The van der Waals surface area contributed by atoms with Crippen molar-refractivity contribution in [3.8, 4) is 0 Å². The molecule has 0 spiro atoms. The van der Waals surface area contributed by atoms with Gasteiger partial charge in [0.2, 0.25) is 5.91 Å². The summed E-state index contributed by atoms with van der Waals surface area (Å²) in [5, 5.41) is 3.47. The van der Waals surface area contributed by atoms with Crippen LogP contribution in [0.15, 0.2) is 47.4 Å². The first-order valence-corrected chi connectivity index (χ1v) is 10.0. The van der Waals surface area contributed by atoms with Crippen LogP contribution < -0.4 is 10.9 Å². The van der Waals surface area contributed by atoms with Gasteiger partial charge in [-0.05, 0) is 37.5 Å². The number of piperidine rings is 1. The van der Waals surface area contributed by atoms with Gasteiger partial charge in [0, 0.05) is 36.3 Å². The van der Waals surface area contributed by atoms with Crippen LogP contribution in [0.1, 0.15) is 25.3 Å². The summed E-state index contributed by atoms with van der Waals surface area (Å²) in [5.74, 6) is -0.305. The van der Waals surface area contributed by atoms with Crippen molar-refractivity contribution in [3.63, 3.8) is 0 Å². The van der Waals surface area contributed by atoms with E-state index in [1.54, 1.807) is 30.2 Å². The highest BCUT2D eigenvalue weighted by Gasteiger charge is 2.28. The topological polar surface area (TPSA) is 80.6 Å². The molecule has 0 aliphatic carbocycles. The van der Waals surface area contributed by atoms with Crippen molar-refractivity contribution in [2.24, 2.45) is 5.92 Å². The molecule has 0 unspecified atom stereocenters. The zero-order valence-corrected chi connectivity index (χ0v) is 17.0. The highest BCUT2D eigenvalue weighted by molar-refractivity contribution is 6.31. The van der Waals surface area contributed by atoms with E-state index in [0.717, 1.165) is 5.56 Å². The predicted molar refractivity (Wildman–Crippen MR) is 111 cm³/mol. The van der Waals surface area contributed by atoms with Crippen LogP contribution in [0.2, 0.25) is 5.02 Å². The van der Waals surface area contributed by atoms with Gasteiger partial charge in [-0.25, -0.2) is 4.79 Å². The summed E-state index contributed by atoms with van der Waals surface area (Å²) in [6.45, 7) is 3.40. The Bertz CT molecular complexity index is 936. The third-order valence-corrected chi connectivity index (χ3v) is 5.31. The summed E-state index contributed by atoms with van der Waals surface area (Å²) >= 11 is 6.18. The van der Waals surface area contributed by atoms with Crippen LogP contribution in [0.3, 0.4) is 0 Å². The molecule has 8 heteroatoms. The number of pyridine rings is 1. The highest BCUT2D eigenvalue weighted by atomic mass is 35.5. The van der Waals surface area contributed by atoms with Gasteiger partial charge in [-0.3, -0.25) is 9.59 Å². The monoisotopic (exact) mass is 417 g/mol. The zero-order chi connectivity index (χ0) is 20.8. The van der Waals surface area contributed by atoms with Gasteiger partial charge in [-0.15, -0.1) is 0 Å². The summed E-state index contributed by atoms with van der Waals surface area (Å²) in [6.07, 6.45) is 2.43. The van der Waals surface area contributed by atoms with Gasteiger partial charge in [0.1, 0.15) is 0 Å². The fourth-order valence-electron chi connectivity index (χ4n) is 3.32. The van der Waals surface area contributed by atoms with Crippen molar-refractivity contribution in [2.75, 3.05) is 25.0 Å². The summed E-state index contributed by atoms with van der Waals surface area (Å²) < 4.78 is 6.51. The molecule has 1 aliphatic heterocycles. The number of halogens is 1. The minimum Gasteiger partial charge on any atom is -0.450 e. The van der Waals surface area contributed by atoms with E-state index in [1.165, 1.54) is 10.6 Å². The lowest BCUT2D eigenvalue weighted by atomic mass is 9.96. The van der Waals surface area contributed by atoms with Crippen molar-refractivity contribution in [1.82, 2.24) is 9.47 Å². The average Bonchev–Trinajstić information content (AvgIpc) is 2.72. The number of nitrogens with zero attached hydrogens (tertiary/aromatic N) is 2. The van der Waals surface area contributed by atoms with Gasteiger partial charge in [0.15, 0.2) is 0 Å². The van der Waals surface area contributed by atoms with Gasteiger partial charge in [-0.2, -0.15) is 0 Å². The SMILES string of the molecule is CCOC(=O)N1CCC(C(=O)Nc2ccc(=O)n(Cc3ccccc3Cl)c2)CC1. The lowest BCUT2D eigenvalue weighted by Crippen LogP contribution is -2.41. The molecule has 3 rings (SSSR count). The lowest BCUT2D eigenvalue weighted by molar-refractivity contribution is -0.121. The van der Waals surface area contributed by atoms with E-state index in [0.29, 0.717) is 49.8 Å². The Balaban J connectivity index is 1.62. The molecule has 29 heavy (non-hydrogen) atoms. The van der Waals surface area contributed by atoms with E-state index in [4.69, 9.17) is 16.3 Å². The second kappa shape index (κ2) is 9.60. The Morgan fingerprint density at radius 1 is 1.17 bits per heavy atom. The Morgan fingerprint density at radius 3 is 2.59 bits per heavy atom. The first-order valence-electron chi connectivity index (χ1n) is 9.64. The molecular weight excluding hydrogens is 394 g/mol. The zero-order valence-electron chi connectivity index (χ0n) is 16.3. The molecule has 2 aromatic rings. The van der Waals surface area contributed by atoms with Gasteiger partial charge in [-0.1, -0.05) is 29.8 Å². The van der Waals surface area contributed by atoms with Crippen LogP contribution in [-0.4, -0.2) is 41.2 Å². The Morgan fingerprint density at radius 2 is 1.90 bits per heavy atom. The van der Waals surface area contributed by atoms with E-state index in [2.05, 4.69) is 5.32 Å². The predicted octanol–water partition coefficient (Wildman–Crippen LogP) is 3.36. The van der Waals surface area contributed by atoms with E-state index in [1.807, 2.05) is 18.2 Å². The molecule has 2 heterocycles. The molecule has 0 atom stereocenters. The van der Waals surface area contributed by atoms with Crippen LogP contribution in [0, 0.1) is 5.92 Å². The van der Waals surface area contributed by atoms with E-state index < -0.39 is 0 Å². The second-order valence-corrected chi connectivity index (χ2v) is 7.33. The number of rotatable bonds is 5. The van der Waals surface area contributed by atoms with Crippen LogP contribution in [0.4, 0.5) is 10.5 Å². The number of carbonyl (C=O) groups is 2. The molecule has 1 aliphatic rings. The van der Waals surface area contributed by atoms with Crippen molar-refractivity contribution >= 4 is 29.3 Å². The maximum absolute atomic E-state index is 12.6. The van der Waals surface area contributed by atoms with Gasteiger partial charge >= 0.3 is 6.09 Å². The maximum Gasteiger partial charge on any atom is 0.409 e. The number of anilines is 1. The Labute approximate surface area is 174 Å². The minimum absolute atomic E-state index is 0.114. The lowest BCUT2D eigenvalue weighted by Gasteiger charge is -2.30. The summed E-state index contributed by atoms with van der Waals surface area (Å²) in [7, 11) is 0. The number of ether oxygens (including phenoxy) is 1. The van der Waals surface area contributed by atoms with Gasteiger partial charge in [0.25, 0.3) is 5.56 Å².